The number of amides is 1. The lowest BCUT2D eigenvalue weighted by atomic mass is 10.0. The van der Waals surface area contributed by atoms with Gasteiger partial charge in [0.25, 0.3) is 21.6 Å². The molecular formula is C23H23N3O6S. The number of carbonyl (C=O) groups is 1. The summed E-state index contributed by atoms with van der Waals surface area (Å²) >= 11 is 0. The van der Waals surface area contributed by atoms with Gasteiger partial charge < -0.3 is 10.1 Å². The van der Waals surface area contributed by atoms with Gasteiger partial charge in [-0.2, -0.15) is 0 Å². The second-order valence-electron chi connectivity index (χ2n) is 7.11. The Balaban J connectivity index is 1.73. The van der Waals surface area contributed by atoms with Gasteiger partial charge in [0.2, 0.25) is 0 Å². The summed E-state index contributed by atoms with van der Waals surface area (Å²) in [6.45, 7) is 1.95. The van der Waals surface area contributed by atoms with Crippen molar-refractivity contribution in [3.8, 4) is 5.75 Å². The van der Waals surface area contributed by atoms with Gasteiger partial charge >= 0.3 is 0 Å². The smallest absolute Gasteiger partial charge is 0.270 e. The summed E-state index contributed by atoms with van der Waals surface area (Å²) in [6.07, 6.45) is 0.646. The number of carbonyl (C=O) groups excluding carboxylic acids is 1. The van der Waals surface area contributed by atoms with Crippen LogP contribution in [0.1, 0.15) is 35.3 Å². The largest absolute Gasteiger partial charge is 0.496 e. The minimum absolute atomic E-state index is 0.217. The first kappa shape index (κ1) is 23.7. The van der Waals surface area contributed by atoms with Gasteiger partial charge in [-0.05, 0) is 42.8 Å². The number of anilines is 1. The summed E-state index contributed by atoms with van der Waals surface area (Å²) in [5.74, 6) is 0.358. The highest BCUT2D eigenvalue weighted by Gasteiger charge is 2.19. The number of rotatable bonds is 9. The number of methoxy groups -OCH3 is 1. The van der Waals surface area contributed by atoms with Gasteiger partial charge in [0, 0.05) is 28.9 Å². The average Bonchev–Trinajstić information content (AvgIpc) is 2.82. The molecule has 33 heavy (non-hydrogen) atoms. The number of benzene rings is 3. The zero-order valence-electron chi connectivity index (χ0n) is 18.0. The number of nitrogens with one attached hydrogen (secondary N) is 2. The zero-order valence-corrected chi connectivity index (χ0v) is 18.8. The monoisotopic (exact) mass is 469 g/mol. The van der Waals surface area contributed by atoms with Crippen molar-refractivity contribution in [2.45, 2.75) is 24.3 Å². The fraction of sp³-hybridized carbons (Fsp3) is 0.174. The van der Waals surface area contributed by atoms with Crippen LogP contribution in [0.5, 0.6) is 5.75 Å². The zero-order chi connectivity index (χ0) is 24.0. The number of hydrogen-bond donors (Lipinski definition) is 2. The predicted octanol–water partition coefficient (Wildman–Crippen LogP) is 4.29. The van der Waals surface area contributed by atoms with Crippen molar-refractivity contribution in [3.05, 3.63) is 94.0 Å². The fourth-order valence-corrected chi connectivity index (χ4v) is 4.36. The summed E-state index contributed by atoms with van der Waals surface area (Å²) in [6, 6.07) is 17.8. The normalized spacial score (nSPS) is 11.9. The van der Waals surface area contributed by atoms with Gasteiger partial charge in [-0.3, -0.25) is 19.6 Å². The molecule has 172 valence electrons. The Morgan fingerprint density at radius 2 is 1.76 bits per heavy atom. The van der Waals surface area contributed by atoms with Crippen LogP contribution in [-0.4, -0.2) is 26.4 Å². The van der Waals surface area contributed by atoms with Gasteiger partial charge in [-0.25, -0.2) is 8.42 Å². The Labute approximate surface area is 191 Å². The quantitative estimate of drug-likeness (QED) is 0.356. The number of nitro groups is 1. The molecule has 0 aromatic heterocycles. The number of hydrogen-bond acceptors (Lipinski definition) is 6. The van der Waals surface area contributed by atoms with E-state index in [4.69, 9.17) is 4.74 Å². The maximum atomic E-state index is 12.8. The van der Waals surface area contributed by atoms with Crippen LogP contribution in [-0.2, 0) is 10.0 Å². The van der Waals surface area contributed by atoms with E-state index in [0.29, 0.717) is 17.7 Å². The molecule has 0 fully saturated rings. The van der Waals surface area contributed by atoms with Gasteiger partial charge in [-0.15, -0.1) is 0 Å². The molecule has 10 heteroatoms. The third-order valence-electron chi connectivity index (χ3n) is 4.97. The van der Waals surface area contributed by atoms with Crippen molar-refractivity contribution in [2.75, 3.05) is 11.8 Å². The van der Waals surface area contributed by atoms with E-state index in [1.165, 1.54) is 42.5 Å². The molecule has 0 radical (unpaired) electrons. The minimum Gasteiger partial charge on any atom is -0.496 e. The van der Waals surface area contributed by atoms with E-state index in [1.54, 1.807) is 7.11 Å². The molecule has 0 saturated carbocycles. The molecule has 9 nitrogen and oxygen atoms in total. The Morgan fingerprint density at radius 1 is 1.06 bits per heavy atom. The van der Waals surface area contributed by atoms with Crippen molar-refractivity contribution in [1.82, 2.24) is 5.32 Å². The number of nitrogens with zero attached hydrogens (tertiary/aromatic N) is 1. The van der Waals surface area contributed by atoms with Gasteiger partial charge in [0.05, 0.1) is 23.0 Å². The van der Waals surface area contributed by atoms with E-state index in [2.05, 4.69) is 10.0 Å². The van der Waals surface area contributed by atoms with Crippen LogP contribution in [0.25, 0.3) is 0 Å². The Hall–Kier alpha value is -3.92. The van der Waals surface area contributed by atoms with Gasteiger partial charge in [-0.1, -0.05) is 31.2 Å². The molecule has 3 aromatic carbocycles. The average molecular weight is 470 g/mol. The molecule has 3 rings (SSSR count). The molecule has 2 N–H and O–H groups in total. The third kappa shape index (κ3) is 5.66. The first-order valence-electron chi connectivity index (χ1n) is 10.1. The first-order chi connectivity index (χ1) is 15.7. The molecule has 0 saturated heterocycles. The third-order valence-corrected chi connectivity index (χ3v) is 6.34. The van der Waals surface area contributed by atoms with Crippen molar-refractivity contribution < 1.29 is 22.9 Å². The SMILES string of the molecule is CCC(NC(=O)c1ccc(NS(=O)(=O)c2cccc([N+](=O)[O-])c2)cc1)c1ccccc1OC. The lowest BCUT2D eigenvalue weighted by Gasteiger charge is -2.20. The molecule has 0 bridgehead atoms. The number of nitro benzene ring substituents is 1. The molecule has 0 heterocycles. The van der Waals surface area contributed by atoms with Crippen molar-refractivity contribution in [1.29, 1.82) is 0 Å². The van der Waals surface area contributed by atoms with E-state index in [9.17, 15) is 23.3 Å². The first-order valence-corrected chi connectivity index (χ1v) is 11.5. The summed E-state index contributed by atoms with van der Waals surface area (Å²) in [7, 11) is -2.47. The minimum atomic E-state index is -4.04. The predicted molar refractivity (Wildman–Crippen MR) is 124 cm³/mol. The van der Waals surface area contributed by atoms with Crippen molar-refractivity contribution >= 4 is 27.3 Å². The number of sulfonamides is 1. The molecule has 0 spiro atoms. The molecule has 0 aliphatic heterocycles. The summed E-state index contributed by atoms with van der Waals surface area (Å²) in [4.78, 5) is 22.8. The molecular weight excluding hydrogens is 446 g/mol. The van der Waals surface area contributed by atoms with E-state index in [0.717, 1.165) is 11.6 Å². The molecule has 1 atom stereocenters. The highest BCUT2D eigenvalue weighted by atomic mass is 32.2. The maximum Gasteiger partial charge on any atom is 0.270 e. The van der Waals surface area contributed by atoms with E-state index < -0.39 is 14.9 Å². The molecule has 3 aromatic rings. The van der Waals surface area contributed by atoms with Crippen LogP contribution in [0.3, 0.4) is 0 Å². The van der Waals surface area contributed by atoms with Crippen LogP contribution < -0.4 is 14.8 Å². The molecule has 0 aliphatic carbocycles. The van der Waals surface area contributed by atoms with Crippen LogP contribution in [0.2, 0.25) is 0 Å². The van der Waals surface area contributed by atoms with Gasteiger partial charge in [0.1, 0.15) is 5.75 Å². The molecule has 1 amide bonds. The van der Waals surface area contributed by atoms with Gasteiger partial charge in [0.15, 0.2) is 0 Å². The Morgan fingerprint density at radius 3 is 2.39 bits per heavy atom. The van der Waals surface area contributed by atoms with Crippen molar-refractivity contribution in [2.24, 2.45) is 0 Å². The number of non-ortho nitro benzene ring substituents is 1. The van der Waals surface area contributed by atoms with Crippen LogP contribution in [0, 0.1) is 10.1 Å². The van der Waals surface area contributed by atoms with Crippen LogP contribution in [0.4, 0.5) is 11.4 Å². The number of ether oxygens (including phenoxy) is 1. The molecule has 0 aliphatic rings. The second kappa shape index (κ2) is 10.1. The number of para-hydroxylation sites is 1. The summed E-state index contributed by atoms with van der Waals surface area (Å²) in [5, 5.41) is 13.9. The lowest BCUT2D eigenvalue weighted by molar-refractivity contribution is -0.385. The van der Waals surface area contributed by atoms with Crippen LogP contribution in [0.15, 0.2) is 77.7 Å². The van der Waals surface area contributed by atoms with E-state index >= 15 is 0 Å². The second-order valence-corrected chi connectivity index (χ2v) is 8.80. The summed E-state index contributed by atoms with van der Waals surface area (Å²) < 4.78 is 32.9. The van der Waals surface area contributed by atoms with Crippen molar-refractivity contribution in [3.63, 3.8) is 0 Å². The van der Waals surface area contributed by atoms with E-state index in [1.807, 2.05) is 31.2 Å². The topological polar surface area (TPSA) is 128 Å². The standard InChI is InChI=1S/C23H23N3O6S/c1-3-21(20-9-4-5-10-22(20)32-2)24-23(27)16-11-13-17(14-12-16)25-33(30,31)19-8-6-7-18(15-19)26(28)29/h4-15,21,25H,3H2,1-2H3,(H,24,27). The Bertz CT molecular complexity index is 1260. The highest BCUT2D eigenvalue weighted by molar-refractivity contribution is 7.92. The lowest BCUT2D eigenvalue weighted by Crippen LogP contribution is -2.28. The summed E-state index contributed by atoms with van der Waals surface area (Å²) in [5.41, 5.74) is 1.10. The van der Waals surface area contributed by atoms with Crippen LogP contribution >= 0.6 is 0 Å². The Kier molecular flexibility index (Phi) is 7.29. The highest BCUT2D eigenvalue weighted by Crippen LogP contribution is 2.27. The maximum absolute atomic E-state index is 12.8. The molecule has 1 unspecified atom stereocenters. The van der Waals surface area contributed by atoms with E-state index in [-0.39, 0.29) is 28.2 Å². The fourth-order valence-electron chi connectivity index (χ4n) is 3.26.